The summed E-state index contributed by atoms with van der Waals surface area (Å²) in [7, 11) is -4.41. The van der Waals surface area contributed by atoms with Gasteiger partial charge in [-0.15, -0.1) is 0 Å². The molecule has 20 heavy (non-hydrogen) atoms. The molecule has 1 atom stereocenters. The van der Waals surface area contributed by atoms with Crippen molar-refractivity contribution in [2.24, 2.45) is 0 Å². The number of aliphatic hydroxyl groups excluding tert-OH is 1. The van der Waals surface area contributed by atoms with Crippen molar-refractivity contribution >= 4 is 15.7 Å². The van der Waals surface area contributed by atoms with Crippen molar-refractivity contribution in [2.45, 2.75) is 24.1 Å². The molecule has 5 nitrogen and oxygen atoms in total. The smallest absolute Gasteiger partial charge is 0.398 e. The van der Waals surface area contributed by atoms with Crippen LogP contribution in [0.2, 0.25) is 0 Å². The standard InChI is InChI=1S/C10H12F4N2O3S/c1-5-7(11)2-6(3-8(5)15)20(18,19)16-4-9(17)10(12,13)14/h2-3,9,16-17H,4,15H2,1H3. The van der Waals surface area contributed by atoms with Crippen LogP contribution in [0.25, 0.3) is 0 Å². The van der Waals surface area contributed by atoms with E-state index in [9.17, 15) is 26.0 Å². The molecule has 0 aromatic heterocycles. The van der Waals surface area contributed by atoms with Crippen molar-refractivity contribution in [1.82, 2.24) is 4.72 Å². The molecule has 1 unspecified atom stereocenters. The molecule has 0 aliphatic heterocycles. The van der Waals surface area contributed by atoms with Crippen LogP contribution < -0.4 is 10.5 Å². The number of nitrogens with one attached hydrogen (secondary N) is 1. The summed E-state index contributed by atoms with van der Waals surface area (Å²) in [6.45, 7) is 0.0448. The third kappa shape index (κ3) is 3.81. The van der Waals surface area contributed by atoms with Crippen LogP contribution in [-0.4, -0.2) is 32.3 Å². The number of hydrogen-bond acceptors (Lipinski definition) is 4. The van der Waals surface area contributed by atoms with E-state index < -0.39 is 39.6 Å². The maximum absolute atomic E-state index is 13.4. The molecular weight excluding hydrogens is 304 g/mol. The summed E-state index contributed by atoms with van der Waals surface area (Å²) in [5.74, 6) is -0.901. The van der Waals surface area contributed by atoms with Gasteiger partial charge in [0.15, 0.2) is 6.10 Å². The lowest BCUT2D eigenvalue weighted by Gasteiger charge is -2.15. The maximum atomic E-state index is 13.4. The zero-order chi connectivity index (χ0) is 15.7. The molecule has 0 fully saturated rings. The fourth-order valence-corrected chi connectivity index (χ4v) is 2.30. The molecule has 10 heteroatoms. The topological polar surface area (TPSA) is 92.4 Å². The number of nitrogen functional groups attached to an aromatic ring is 1. The van der Waals surface area contributed by atoms with Gasteiger partial charge in [-0.1, -0.05) is 0 Å². The van der Waals surface area contributed by atoms with Crippen molar-refractivity contribution in [2.75, 3.05) is 12.3 Å². The number of halogens is 4. The molecule has 0 amide bonds. The Morgan fingerprint density at radius 2 is 1.95 bits per heavy atom. The van der Waals surface area contributed by atoms with Crippen molar-refractivity contribution in [1.29, 1.82) is 0 Å². The zero-order valence-electron chi connectivity index (χ0n) is 10.2. The Hall–Kier alpha value is -1.39. The highest BCUT2D eigenvalue weighted by molar-refractivity contribution is 7.89. The second kappa shape index (κ2) is 5.54. The van der Waals surface area contributed by atoms with Crippen LogP contribution >= 0.6 is 0 Å². The summed E-state index contributed by atoms with van der Waals surface area (Å²) in [6.07, 6.45) is -7.81. The van der Waals surface area contributed by atoms with Crippen LogP contribution in [0.3, 0.4) is 0 Å². The van der Waals surface area contributed by atoms with E-state index in [1.807, 2.05) is 0 Å². The summed E-state index contributed by atoms with van der Waals surface area (Å²) < 4.78 is 74.4. The van der Waals surface area contributed by atoms with E-state index in [1.54, 1.807) is 0 Å². The van der Waals surface area contributed by atoms with Gasteiger partial charge in [0.25, 0.3) is 0 Å². The van der Waals surface area contributed by atoms with Crippen LogP contribution in [0, 0.1) is 12.7 Å². The van der Waals surface area contributed by atoms with Crippen molar-refractivity contribution in [3.05, 3.63) is 23.5 Å². The highest BCUT2D eigenvalue weighted by Gasteiger charge is 2.38. The van der Waals surface area contributed by atoms with Crippen LogP contribution in [0.5, 0.6) is 0 Å². The third-order valence-electron chi connectivity index (χ3n) is 2.51. The van der Waals surface area contributed by atoms with Gasteiger partial charge in [-0.05, 0) is 19.1 Å². The number of aliphatic hydroxyl groups is 1. The Kier molecular flexibility index (Phi) is 4.62. The SMILES string of the molecule is Cc1c(N)cc(S(=O)(=O)NCC(O)C(F)(F)F)cc1F. The molecule has 0 spiro atoms. The molecule has 0 aliphatic carbocycles. The van der Waals surface area contributed by atoms with Crippen LogP contribution in [0.1, 0.15) is 5.56 Å². The number of anilines is 1. The first kappa shape index (κ1) is 16.7. The van der Waals surface area contributed by atoms with Gasteiger partial charge in [-0.2, -0.15) is 13.2 Å². The second-order valence-corrected chi connectivity index (χ2v) is 5.80. The quantitative estimate of drug-likeness (QED) is 0.569. The highest BCUT2D eigenvalue weighted by atomic mass is 32.2. The Morgan fingerprint density at radius 3 is 2.40 bits per heavy atom. The van der Waals surface area contributed by atoms with Gasteiger partial charge < -0.3 is 10.8 Å². The number of benzene rings is 1. The predicted molar refractivity (Wildman–Crippen MR) is 62.8 cm³/mol. The fraction of sp³-hybridized carbons (Fsp3) is 0.400. The molecule has 1 aromatic rings. The molecule has 0 aliphatic rings. The monoisotopic (exact) mass is 316 g/mol. The van der Waals surface area contributed by atoms with Gasteiger partial charge >= 0.3 is 6.18 Å². The van der Waals surface area contributed by atoms with Crippen LogP contribution in [-0.2, 0) is 10.0 Å². The van der Waals surface area contributed by atoms with Gasteiger partial charge in [0, 0.05) is 17.8 Å². The van der Waals surface area contributed by atoms with Gasteiger partial charge in [-0.3, -0.25) is 0 Å². The molecule has 0 saturated carbocycles. The number of hydrogen-bond donors (Lipinski definition) is 3. The molecular formula is C10H12F4N2O3S. The predicted octanol–water partition coefficient (Wildman–Crippen LogP) is 0.918. The van der Waals surface area contributed by atoms with Gasteiger partial charge in [0.05, 0.1) is 4.90 Å². The van der Waals surface area contributed by atoms with E-state index in [4.69, 9.17) is 10.8 Å². The van der Waals surface area contributed by atoms with E-state index in [1.165, 1.54) is 11.6 Å². The first-order valence-electron chi connectivity index (χ1n) is 5.25. The molecule has 0 heterocycles. The molecule has 0 saturated heterocycles. The lowest BCUT2D eigenvalue weighted by molar-refractivity contribution is -0.200. The second-order valence-electron chi connectivity index (χ2n) is 4.03. The summed E-state index contributed by atoms with van der Waals surface area (Å²) in [6, 6.07) is 1.55. The first-order valence-corrected chi connectivity index (χ1v) is 6.73. The summed E-state index contributed by atoms with van der Waals surface area (Å²) in [4.78, 5) is -0.618. The van der Waals surface area contributed by atoms with E-state index in [0.717, 1.165) is 6.07 Å². The molecule has 0 bridgehead atoms. The Balaban J connectivity index is 2.96. The number of nitrogens with two attached hydrogens (primary N) is 1. The number of alkyl halides is 3. The number of sulfonamides is 1. The third-order valence-corrected chi connectivity index (χ3v) is 3.92. The Labute approximate surface area is 112 Å². The van der Waals surface area contributed by atoms with E-state index >= 15 is 0 Å². The summed E-state index contributed by atoms with van der Waals surface area (Å²) in [5, 5.41) is 8.70. The van der Waals surface area contributed by atoms with Gasteiger partial charge in [0.2, 0.25) is 10.0 Å². The van der Waals surface area contributed by atoms with Crippen molar-refractivity contribution in [3.8, 4) is 0 Å². The van der Waals surface area contributed by atoms with E-state index in [2.05, 4.69) is 0 Å². The van der Waals surface area contributed by atoms with E-state index in [0.29, 0.717) is 6.07 Å². The molecule has 0 radical (unpaired) electrons. The van der Waals surface area contributed by atoms with Crippen LogP contribution in [0.15, 0.2) is 17.0 Å². The Morgan fingerprint density at radius 1 is 1.40 bits per heavy atom. The number of rotatable bonds is 4. The van der Waals surface area contributed by atoms with Crippen molar-refractivity contribution in [3.63, 3.8) is 0 Å². The van der Waals surface area contributed by atoms with Crippen molar-refractivity contribution < 1.29 is 31.1 Å². The maximum Gasteiger partial charge on any atom is 0.415 e. The van der Waals surface area contributed by atoms with Gasteiger partial charge in [-0.25, -0.2) is 17.5 Å². The lowest BCUT2D eigenvalue weighted by Crippen LogP contribution is -2.40. The minimum Gasteiger partial charge on any atom is -0.398 e. The van der Waals surface area contributed by atoms with Gasteiger partial charge in [0.1, 0.15) is 5.82 Å². The van der Waals surface area contributed by atoms with Crippen LogP contribution in [0.4, 0.5) is 23.2 Å². The minimum absolute atomic E-state index is 0.0271. The fourth-order valence-electron chi connectivity index (χ4n) is 1.22. The Bertz CT molecular complexity index is 578. The lowest BCUT2D eigenvalue weighted by atomic mass is 10.2. The highest BCUT2D eigenvalue weighted by Crippen LogP contribution is 2.22. The normalized spacial score (nSPS) is 14.3. The molecule has 114 valence electrons. The summed E-state index contributed by atoms with van der Waals surface area (Å²) >= 11 is 0. The molecule has 1 rings (SSSR count). The summed E-state index contributed by atoms with van der Waals surface area (Å²) in [5.41, 5.74) is 5.26. The minimum atomic E-state index is -4.96. The average molecular weight is 316 g/mol. The zero-order valence-corrected chi connectivity index (χ0v) is 11.0. The molecule has 1 aromatic carbocycles. The first-order chi connectivity index (χ1) is 8.95. The largest absolute Gasteiger partial charge is 0.415 e. The average Bonchev–Trinajstić information content (AvgIpc) is 2.31. The van der Waals surface area contributed by atoms with E-state index in [-0.39, 0.29) is 11.3 Å². The molecule has 4 N–H and O–H groups in total.